The number of primary amides is 1. The van der Waals surface area contributed by atoms with Gasteiger partial charge in [-0.3, -0.25) is 9.69 Å². The minimum absolute atomic E-state index is 0.426. The molecular formula is C19H20N6O2. The fourth-order valence-electron chi connectivity index (χ4n) is 3.08. The van der Waals surface area contributed by atoms with Crippen LogP contribution in [0.2, 0.25) is 0 Å². The van der Waals surface area contributed by atoms with Crippen molar-refractivity contribution in [2.75, 3.05) is 31.1 Å². The first kappa shape index (κ1) is 17.2. The summed E-state index contributed by atoms with van der Waals surface area (Å²) in [5.74, 6) is 1.68. The van der Waals surface area contributed by atoms with Crippen LogP contribution in [0.4, 0.5) is 5.82 Å². The molecule has 1 aliphatic rings. The van der Waals surface area contributed by atoms with E-state index in [1.807, 2.05) is 30.6 Å². The van der Waals surface area contributed by atoms with Gasteiger partial charge >= 0.3 is 0 Å². The SMILES string of the molecule is NC(=O)c1ccc(N2CCN(Cc3cnc(-c4ccco4)nc3)CC2)nc1. The topological polar surface area (TPSA) is 101 Å². The number of carbonyl (C=O) groups excluding carboxylic acids is 1. The van der Waals surface area contributed by atoms with Gasteiger partial charge in [0.25, 0.3) is 0 Å². The molecule has 138 valence electrons. The van der Waals surface area contributed by atoms with Crippen molar-refractivity contribution >= 4 is 11.7 Å². The quantitative estimate of drug-likeness (QED) is 0.733. The fourth-order valence-corrected chi connectivity index (χ4v) is 3.08. The Hall–Kier alpha value is -3.26. The number of hydrogen-bond acceptors (Lipinski definition) is 7. The van der Waals surface area contributed by atoms with E-state index in [-0.39, 0.29) is 0 Å². The van der Waals surface area contributed by atoms with Gasteiger partial charge in [-0.1, -0.05) is 0 Å². The highest BCUT2D eigenvalue weighted by Gasteiger charge is 2.18. The average molecular weight is 364 g/mol. The first-order valence-corrected chi connectivity index (χ1v) is 8.77. The van der Waals surface area contributed by atoms with Crippen LogP contribution in [-0.4, -0.2) is 51.9 Å². The number of furan rings is 1. The van der Waals surface area contributed by atoms with Crippen LogP contribution >= 0.6 is 0 Å². The van der Waals surface area contributed by atoms with E-state index < -0.39 is 5.91 Å². The van der Waals surface area contributed by atoms with E-state index in [0.29, 0.717) is 17.1 Å². The van der Waals surface area contributed by atoms with Gasteiger partial charge in [0.2, 0.25) is 5.91 Å². The molecule has 0 unspecified atom stereocenters. The molecule has 1 fully saturated rings. The van der Waals surface area contributed by atoms with Crippen LogP contribution in [0.15, 0.2) is 53.5 Å². The molecule has 8 heteroatoms. The Morgan fingerprint density at radius 2 is 1.81 bits per heavy atom. The summed E-state index contributed by atoms with van der Waals surface area (Å²) in [6, 6.07) is 7.23. The summed E-state index contributed by atoms with van der Waals surface area (Å²) in [7, 11) is 0. The lowest BCUT2D eigenvalue weighted by Crippen LogP contribution is -2.46. The van der Waals surface area contributed by atoms with Gasteiger partial charge in [0.15, 0.2) is 11.6 Å². The normalized spacial score (nSPS) is 15.0. The lowest BCUT2D eigenvalue weighted by atomic mass is 10.2. The van der Waals surface area contributed by atoms with E-state index in [1.54, 1.807) is 12.3 Å². The molecule has 4 rings (SSSR count). The number of aromatic nitrogens is 3. The average Bonchev–Trinajstić information content (AvgIpc) is 3.24. The maximum Gasteiger partial charge on any atom is 0.250 e. The van der Waals surface area contributed by atoms with E-state index in [4.69, 9.17) is 10.2 Å². The molecule has 3 aromatic heterocycles. The summed E-state index contributed by atoms with van der Waals surface area (Å²) in [6.07, 6.45) is 6.84. The van der Waals surface area contributed by atoms with Crippen LogP contribution in [0, 0.1) is 0 Å². The number of pyridine rings is 1. The van der Waals surface area contributed by atoms with E-state index >= 15 is 0 Å². The summed E-state index contributed by atoms with van der Waals surface area (Å²) in [5, 5.41) is 0. The lowest BCUT2D eigenvalue weighted by Gasteiger charge is -2.35. The Morgan fingerprint density at radius 1 is 1.04 bits per heavy atom. The summed E-state index contributed by atoms with van der Waals surface area (Å²) < 4.78 is 5.31. The van der Waals surface area contributed by atoms with E-state index in [2.05, 4.69) is 24.8 Å². The molecule has 0 atom stereocenters. The third-order valence-corrected chi connectivity index (χ3v) is 4.58. The standard InChI is InChI=1S/C19H20N6O2/c20-18(26)15-3-4-17(21-12-15)25-7-5-24(6-8-25)13-14-10-22-19(23-11-14)16-2-1-9-27-16/h1-4,9-12H,5-8,13H2,(H2,20,26). The number of anilines is 1. The molecule has 4 heterocycles. The van der Waals surface area contributed by atoms with Crippen LogP contribution in [0.5, 0.6) is 0 Å². The Kier molecular flexibility index (Phi) is 4.80. The van der Waals surface area contributed by atoms with Crippen molar-refractivity contribution in [1.29, 1.82) is 0 Å². The Labute approximate surface area is 156 Å². The second-order valence-electron chi connectivity index (χ2n) is 6.42. The number of hydrogen-bond donors (Lipinski definition) is 1. The largest absolute Gasteiger partial charge is 0.461 e. The summed E-state index contributed by atoms with van der Waals surface area (Å²) in [4.78, 5) is 28.8. The van der Waals surface area contributed by atoms with Crippen LogP contribution in [0.25, 0.3) is 11.6 Å². The molecule has 1 aliphatic heterocycles. The van der Waals surface area contributed by atoms with Crippen LogP contribution in [0.1, 0.15) is 15.9 Å². The molecular weight excluding hydrogens is 344 g/mol. The zero-order valence-electron chi connectivity index (χ0n) is 14.8. The van der Waals surface area contributed by atoms with Crippen molar-refractivity contribution in [1.82, 2.24) is 19.9 Å². The summed E-state index contributed by atoms with van der Waals surface area (Å²) in [6.45, 7) is 4.38. The summed E-state index contributed by atoms with van der Waals surface area (Å²) in [5.41, 5.74) is 6.75. The highest BCUT2D eigenvalue weighted by molar-refractivity contribution is 5.92. The zero-order valence-corrected chi connectivity index (χ0v) is 14.8. The predicted octanol–water partition coefficient (Wildman–Crippen LogP) is 1.55. The van der Waals surface area contributed by atoms with Crippen molar-refractivity contribution in [2.45, 2.75) is 6.54 Å². The summed E-state index contributed by atoms with van der Waals surface area (Å²) >= 11 is 0. The molecule has 0 aliphatic carbocycles. The molecule has 1 amide bonds. The highest BCUT2D eigenvalue weighted by atomic mass is 16.3. The van der Waals surface area contributed by atoms with Crippen molar-refractivity contribution in [3.63, 3.8) is 0 Å². The van der Waals surface area contributed by atoms with Crippen LogP contribution in [0.3, 0.4) is 0 Å². The lowest BCUT2D eigenvalue weighted by molar-refractivity contribution is 0.1000. The first-order chi connectivity index (χ1) is 13.2. The minimum Gasteiger partial charge on any atom is -0.461 e. The Morgan fingerprint density at radius 3 is 2.41 bits per heavy atom. The van der Waals surface area contributed by atoms with Gasteiger partial charge in [-0.25, -0.2) is 15.0 Å². The number of nitrogens with zero attached hydrogens (tertiary/aromatic N) is 5. The van der Waals surface area contributed by atoms with Gasteiger partial charge < -0.3 is 15.1 Å². The van der Waals surface area contributed by atoms with Crippen molar-refractivity contribution in [3.05, 3.63) is 60.2 Å². The monoisotopic (exact) mass is 364 g/mol. The van der Waals surface area contributed by atoms with Gasteiger partial charge in [0.05, 0.1) is 11.8 Å². The van der Waals surface area contributed by atoms with Gasteiger partial charge in [-0.2, -0.15) is 0 Å². The Bertz CT molecular complexity index is 885. The highest BCUT2D eigenvalue weighted by Crippen LogP contribution is 2.17. The van der Waals surface area contributed by atoms with Gasteiger partial charge in [0.1, 0.15) is 5.82 Å². The van der Waals surface area contributed by atoms with Gasteiger partial charge in [0, 0.05) is 56.9 Å². The maximum absolute atomic E-state index is 11.1. The molecule has 2 N–H and O–H groups in total. The molecule has 0 aromatic carbocycles. The number of nitrogens with two attached hydrogens (primary N) is 1. The predicted molar refractivity (Wildman–Crippen MR) is 100.0 cm³/mol. The third-order valence-electron chi connectivity index (χ3n) is 4.58. The smallest absolute Gasteiger partial charge is 0.250 e. The number of carbonyl (C=O) groups is 1. The number of piperazine rings is 1. The molecule has 0 bridgehead atoms. The van der Waals surface area contributed by atoms with Crippen LogP contribution in [-0.2, 0) is 6.54 Å². The van der Waals surface area contributed by atoms with E-state index in [9.17, 15) is 4.79 Å². The molecule has 0 spiro atoms. The zero-order chi connectivity index (χ0) is 18.6. The fraction of sp³-hybridized carbons (Fsp3) is 0.263. The second kappa shape index (κ2) is 7.55. The molecule has 0 radical (unpaired) electrons. The molecule has 8 nitrogen and oxygen atoms in total. The van der Waals surface area contributed by atoms with Gasteiger partial charge in [-0.05, 0) is 24.3 Å². The van der Waals surface area contributed by atoms with Crippen molar-refractivity contribution in [3.8, 4) is 11.6 Å². The van der Waals surface area contributed by atoms with E-state index in [0.717, 1.165) is 44.1 Å². The maximum atomic E-state index is 11.1. The Balaban J connectivity index is 1.32. The molecule has 3 aromatic rings. The number of amides is 1. The third kappa shape index (κ3) is 3.95. The van der Waals surface area contributed by atoms with E-state index in [1.165, 1.54) is 6.20 Å². The molecule has 27 heavy (non-hydrogen) atoms. The van der Waals surface area contributed by atoms with Crippen molar-refractivity contribution < 1.29 is 9.21 Å². The van der Waals surface area contributed by atoms with Crippen molar-refractivity contribution in [2.24, 2.45) is 5.73 Å². The second-order valence-corrected chi connectivity index (χ2v) is 6.42. The first-order valence-electron chi connectivity index (χ1n) is 8.77. The number of rotatable bonds is 5. The minimum atomic E-state index is -0.459. The van der Waals surface area contributed by atoms with Crippen LogP contribution < -0.4 is 10.6 Å². The molecule has 0 saturated carbocycles. The van der Waals surface area contributed by atoms with Gasteiger partial charge in [-0.15, -0.1) is 0 Å². The molecule has 1 saturated heterocycles.